The van der Waals surface area contributed by atoms with Gasteiger partial charge in [-0.3, -0.25) is 14.6 Å². The molecule has 3 aromatic rings. The van der Waals surface area contributed by atoms with Crippen LogP contribution in [-0.4, -0.2) is 24.5 Å². The summed E-state index contributed by atoms with van der Waals surface area (Å²) in [6, 6.07) is 15.1. The van der Waals surface area contributed by atoms with Gasteiger partial charge in [0.05, 0.1) is 11.6 Å². The Hall–Kier alpha value is -3.64. The summed E-state index contributed by atoms with van der Waals surface area (Å²) in [5.41, 5.74) is 2.30. The molecule has 28 heavy (non-hydrogen) atoms. The number of hydrogen-bond acceptors (Lipinski definition) is 5. The molecule has 0 saturated carbocycles. The molecule has 0 atom stereocenters. The van der Waals surface area contributed by atoms with E-state index in [2.05, 4.69) is 20.2 Å². The normalized spacial score (nSPS) is 10.9. The van der Waals surface area contributed by atoms with Gasteiger partial charge in [-0.15, -0.1) is 0 Å². The van der Waals surface area contributed by atoms with Crippen molar-refractivity contribution >= 4 is 27.3 Å². The van der Waals surface area contributed by atoms with Crippen molar-refractivity contribution in [3.05, 3.63) is 70.9 Å². The molecule has 0 fully saturated rings. The molecule has 0 aliphatic rings. The summed E-state index contributed by atoms with van der Waals surface area (Å²) in [6.07, 6.45) is 0. The molecule has 0 spiro atoms. The first kappa shape index (κ1) is 19.1. The number of H-pyrrole nitrogens is 1. The molecule has 3 N–H and O–H groups in total. The lowest BCUT2D eigenvalue weighted by Gasteiger charge is -2.09. The number of amides is 1. The highest BCUT2D eigenvalue weighted by Crippen LogP contribution is 2.22. The molecule has 142 valence electrons. The molecule has 2 aromatic carbocycles. The van der Waals surface area contributed by atoms with Gasteiger partial charge in [-0.1, -0.05) is 23.8 Å². The average molecular weight is 395 g/mol. The molecule has 3 rings (SSSR count). The number of anilines is 2. The zero-order valence-corrected chi connectivity index (χ0v) is 16.0. The summed E-state index contributed by atoms with van der Waals surface area (Å²) >= 11 is 0. The molecule has 0 radical (unpaired) electrons. The maximum Gasteiger partial charge on any atom is 0.282 e. The Kier molecular flexibility index (Phi) is 5.15. The third-order valence-electron chi connectivity index (χ3n) is 3.95. The van der Waals surface area contributed by atoms with Gasteiger partial charge >= 0.3 is 0 Å². The monoisotopic (exact) mass is 395 g/mol. The van der Waals surface area contributed by atoms with Crippen LogP contribution in [-0.2, 0) is 10.0 Å². The van der Waals surface area contributed by atoms with E-state index in [1.807, 2.05) is 13.0 Å². The van der Waals surface area contributed by atoms with Crippen LogP contribution in [0, 0.1) is 25.2 Å². The van der Waals surface area contributed by atoms with E-state index in [9.17, 15) is 13.2 Å². The number of carbonyl (C=O) groups excluding carboxylic acids is 1. The van der Waals surface area contributed by atoms with E-state index < -0.39 is 21.0 Å². The van der Waals surface area contributed by atoms with Gasteiger partial charge in [0.1, 0.15) is 5.56 Å². The van der Waals surface area contributed by atoms with E-state index in [0.29, 0.717) is 22.6 Å². The zero-order valence-electron chi connectivity index (χ0n) is 15.1. The minimum atomic E-state index is -4.09. The third-order valence-corrected chi connectivity index (χ3v) is 5.26. The molecule has 0 saturated heterocycles. The maximum atomic E-state index is 12.8. The second-order valence-electron chi connectivity index (χ2n) is 6.15. The fraction of sp³-hybridized carbons (Fsp3) is 0.105. The molecule has 1 amide bonds. The van der Waals surface area contributed by atoms with E-state index in [1.165, 1.54) is 6.07 Å². The quantitative estimate of drug-likeness (QED) is 0.612. The van der Waals surface area contributed by atoms with Crippen LogP contribution in [0.4, 0.5) is 11.4 Å². The van der Waals surface area contributed by atoms with Crippen molar-refractivity contribution in [2.75, 3.05) is 10.0 Å². The fourth-order valence-electron chi connectivity index (χ4n) is 2.55. The van der Waals surface area contributed by atoms with Crippen molar-refractivity contribution < 1.29 is 13.2 Å². The van der Waals surface area contributed by atoms with Gasteiger partial charge in [0, 0.05) is 17.1 Å². The number of hydrogen-bond donors (Lipinski definition) is 3. The summed E-state index contributed by atoms with van der Waals surface area (Å²) in [6.45, 7) is 3.44. The van der Waals surface area contributed by atoms with Crippen LogP contribution in [0.25, 0.3) is 0 Å². The van der Waals surface area contributed by atoms with Crippen LogP contribution < -0.4 is 10.0 Å². The summed E-state index contributed by atoms with van der Waals surface area (Å²) < 4.78 is 27.9. The second kappa shape index (κ2) is 7.54. The number of nitriles is 1. The third kappa shape index (κ3) is 4.02. The molecule has 1 aromatic heterocycles. The predicted octanol–water partition coefficient (Wildman–Crippen LogP) is 2.95. The number of rotatable bonds is 5. The highest BCUT2D eigenvalue weighted by molar-refractivity contribution is 7.92. The Morgan fingerprint density at radius 1 is 1.11 bits per heavy atom. The molecule has 1 heterocycles. The van der Waals surface area contributed by atoms with E-state index in [-0.39, 0.29) is 5.56 Å². The van der Waals surface area contributed by atoms with E-state index in [4.69, 9.17) is 5.26 Å². The lowest BCUT2D eigenvalue weighted by atomic mass is 10.2. The Morgan fingerprint density at radius 2 is 1.82 bits per heavy atom. The number of nitrogens with zero attached hydrogens (tertiary/aromatic N) is 2. The summed E-state index contributed by atoms with van der Waals surface area (Å²) in [7, 11) is -4.09. The maximum absolute atomic E-state index is 12.8. The highest BCUT2D eigenvalue weighted by atomic mass is 32.2. The number of sulfonamides is 1. The largest absolute Gasteiger partial charge is 0.322 e. The summed E-state index contributed by atoms with van der Waals surface area (Å²) in [5.74, 6) is -0.648. The minimum Gasteiger partial charge on any atom is -0.322 e. The molecule has 8 nitrogen and oxygen atoms in total. The predicted molar refractivity (Wildman–Crippen MR) is 104 cm³/mol. The lowest BCUT2D eigenvalue weighted by molar-refractivity contribution is 0.102. The van der Waals surface area contributed by atoms with E-state index >= 15 is 0 Å². The van der Waals surface area contributed by atoms with Gasteiger partial charge in [0.25, 0.3) is 15.9 Å². The Labute approximate surface area is 162 Å². The summed E-state index contributed by atoms with van der Waals surface area (Å²) in [5, 5.41) is 17.5. The van der Waals surface area contributed by atoms with Gasteiger partial charge in [0.2, 0.25) is 5.03 Å². The van der Waals surface area contributed by atoms with Crippen LogP contribution >= 0.6 is 0 Å². The van der Waals surface area contributed by atoms with Crippen molar-refractivity contribution in [2.45, 2.75) is 18.9 Å². The van der Waals surface area contributed by atoms with Crippen molar-refractivity contribution in [3.8, 4) is 6.07 Å². The van der Waals surface area contributed by atoms with E-state index in [0.717, 1.165) is 5.56 Å². The van der Waals surface area contributed by atoms with Crippen LogP contribution in [0.15, 0.2) is 53.6 Å². The first-order valence-electron chi connectivity index (χ1n) is 8.26. The van der Waals surface area contributed by atoms with Gasteiger partial charge in [-0.25, -0.2) is 0 Å². The van der Waals surface area contributed by atoms with Gasteiger partial charge in [0.15, 0.2) is 0 Å². The van der Waals surface area contributed by atoms with Crippen molar-refractivity contribution in [2.24, 2.45) is 0 Å². The number of aromatic nitrogens is 2. The number of nitrogens with one attached hydrogen (secondary N) is 3. The van der Waals surface area contributed by atoms with Crippen LogP contribution in [0.5, 0.6) is 0 Å². The standard InChI is InChI=1S/C19H17N5O3S/c1-12-6-8-15(9-7-12)24-28(26,27)19-17(13(2)22-23-19)18(25)21-16-5-3-4-14(10-16)11-20/h3-10,24H,1-2H3,(H,21,25)(H,22,23). The highest BCUT2D eigenvalue weighted by Gasteiger charge is 2.28. The molecule has 0 aliphatic carbocycles. The molecular formula is C19H17N5O3S. The Bertz CT molecular complexity index is 1180. The van der Waals surface area contributed by atoms with Gasteiger partial charge < -0.3 is 5.32 Å². The van der Waals surface area contributed by atoms with Crippen molar-refractivity contribution in [3.63, 3.8) is 0 Å². The van der Waals surface area contributed by atoms with Gasteiger partial charge in [-0.2, -0.15) is 18.8 Å². The number of carbonyl (C=O) groups is 1. The molecule has 0 bridgehead atoms. The Morgan fingerprint density at radius 3 is 2.50 bits per heavy atom. The fourth-order valence-corrected chi connectivity index (χ4v) is 3.78. The number of benzene rings is 2. The molecule has 0 unspecified atom stereocenters. The smallest absolute Gasteiger partial charge is 0.282 e. The first-order valence-corrected chi connectivity index (χ1v) is 9.74. The summed E-state index contributed by atoms with van der Waals surface area (Å²) in [4.78, 5) is 12.7. The van der Waals surface area contributed by atoms with Crippen LogP contribution in [0.3, 0.4) is 0 Å². The first-order chi connectivity index (χ1) is 13.3. The average Bonchev–Trinajstić information content (AvgIpc) is 3.06. The van der Waals surface area contributed by atoms with Crippen molar-refractivity contribution in [1.29, 1.82) is 5.26 Å². The van der Waals surface area contributed by atoms with E-state index in [1.54, 1.807) is 49.4 Å². The molecular weight excluding hydrogens is 378 g/mol. The molecule has 0 aliphatic heterocycles. The van der Waals surface area contributed by atoms with Gasteiger partial charge in [-0.05, 0) is 44.2 Å². The van der Waals surface area contributed by atoms with Crippen LogP contribution in [0.1, 0.15) is 27.2 Å². The van der Waals surface area contributed by atoms with Crippen molar-refractivity contribution in [1.82, 2.24) is 10.2 Å². The lowest BCUT2D eigenvalue weighted by Crippen LogP contribution is -2.20. The zero-order chi connectivity index (χ0) is 20.3. The second-order valence-corrected chi connectivity index (χ2v) is 7.74. The molecule has 9 heteroatoms. The Balaban J connectivity index is 1.91. The SMILES string of the molecule is Cc1ccc(NS(=O)(=O)c2n[nH]c(C)c2C(=O)Nc2cccc(C#N)c2)cc1. The topological polar surface area (TPSA) is 128 Å². The number of aryl methyl sites for hydroxylation is 2. The number of aromatic amines is 1. The minimum absolute atomic E-state index is 0.0954. The van der Waals surface area contributed by atoms with Crippen LogP contribution in [0.2, 0.25) is 0 Å².